The van der Waals surface area contributed by atoms with Gasteiger partial charge in [0, 0.05) is 17.8 Å². The predicted molar refractivity (Wildman–Crippen MR) is 79.9 cm³/mol. The number of nitrogens with zero attached hydrogens (tertiary/aromatic N) is 3. The fourth-order valence-corrected chi connectivity index (χ4v) is 3.27. The highest BCUT2D eigenvalue weighted by atomic mass is 32.1. The average molecular weight is 306 g/mol. The third kappa shape index (κ3) is 2.21. The Hall–Kier alpha value is -1.89. The highest BCUT2D eigenvalue weighted by molar-refractivity contribution is 7.15. The van der Waals surface area contributed by atoms with Gasteiger partial charge < -0.3 is 10.2 Å². The highest BCUT2D eigenvalue weighted by Crippen LogP contribution is 2.25. The molecule has 7 heteroatoms. The van der Waals surface area contributed by atoms with Crippen LogP contribution in [0.15, 0.2) is 17.8 Å². The number of hydrogen-bond acceptors (Lipinski definition) is 4. The Morgan fingerprint density at radius 2 is 2.19 bits per heavy atom. The Balaban J connectivity index is 1.91. The van der Waals surface area contributed by atoms with Crippen molar-refractivity contribution in [2.24, 2.45) is 0 Å². The van der Waals surface area contributed by atoms with Crippen LogP contribution >= 0.6 is 11.3 Å². The first kappa shape index (κ1) is 14.1. The molecule has 1 aliphatic rings. The number of carbonyl (C=O) groups is 2. The summed E-state index contributed by atoms with van der Waals surface area (Å²) in [6, 6.07) is -0.436. The molecule has 1 saturated heterocycles. The number of piperazine rings is 1. The van der Waals surface area contributed by atoms with Crippen molar-refractivity contribution in [3.05, 3.63) is 23.5 Å². The van der Waals surface area contributed by atoms with E-state index in [-0.39, 0.29) is 11.8 Å². The van der Waals surface area contributed by atoms with Crippen LogP contribution in [-0.2, 0) is 16.1 Å². The summed E-state index contributed by atoms with van der Waals surface area (Å²) in [5.41, 5.74) is -0.0624. The average Bonchev–Trinajstić information content (AvgIpc) is 3.00. The molecule has 0 bridgehead atoms. The van der Waals surface area contributed by atoms with Gasteiger partial charge in [-0.2, -0.15) is 0 Å². The second kappa shape index (κ2) is 4.84. The molecule has 2 aromatic rings. The number of imidazole rings is 1. The fraction of sp³-hybridized carbons (Fsp3) is 0.500. The maximum atomic E-state index is 12.6. The van der Waals surface area contributed by atoms with Gasteiger partial charge in [0.2, 0.25) is 11.8 Å². The Labute approximate surface area is 126 Å². The van der Waals surface area contributed by atoms with Crippen molar-refractivity contribution >= 4 is 28.1 Å². The normalized spacial score (nSPS) is 21.9. The van der Waals surface area contributed by atoms with Crippen molar-refractivity contribution in [2.75, 3.05) is 0 Å². The minimum Gasteiger partial charge on any atom is -0.342 e. The van der Waals surface area contributed by atoms with Gasteiger partial charge in [-0.05, 0) is 20.3 Å². The molecule has 3 rings (SSSR count). The van der Waals surface area contributed by atoms with E-state index in [1.54, 1.807) is 30.1 Å². The Morgan fingerprint density at radius 3 is 2.86 bits per heavy atom. The van der Waals surface area contributed by atoms with Crippen molar-refractivity contribution in [2.45, 2.75) is 45.3 Å². The van der Waals surface area contributed by atoms with Gasteiger partial charge in [-0.25, -0.2) is 4.98 Å². The van der Waals surface area contributed by atoms with Crippen LogP contribution in [-0.4, -0.2) is 37.7 Å². The van der Waals surface area contributed by atoms with Crippen LogP contribution in [0, 0.1) is 0 Å². The number of aromatic nitrogens is 2. The number of hydrogen-bond donors (Lipinski definition) is 1. The maximum absolute atomic E-state index is 12.6. The lowest BCUT2D eigenvalue weighted by Gasteiger charge is -2.43. The van der Waals surface area contributed by atoms with Crippen LogP contribution in [0.4, 0.5) is 0 Å². The summed E-state index contributed by atoms with van der Waals surface area (Å²) in [5.74, 6) is -0.159. The van der Waals surface area contributed by atoms with Crippen molar-refractivity contribution in [1.82, 2.24) is 19.6 Å². The molecule has 0 spiro atoms. The minimum absolute atomic E-state index is 0.0431. The summed E-state index contributed by atoms with van der Waals surface area (Å²) in [4.78, 5) is 31.8. The van der Waals surface area contributed by atoms with Crippen molar-refractivity contribution in [3.8, 4) is 0 Å². The molecular formula is C14H18N4O2S. The first-order valence-corrected chi connectivity index (χ1v) is 7.85. The van der Waals surface area contributed by atoms with E-state index in [0.717, 1.165) is 10.7 Å². The number of thiazole rings is 1. The van der Waals surface area contributed by atoms with Crippen molar-refractivity contribution in [3.63, 3.8) is 0 Å². The van der Waals surface area contributed by atoms with Crippen LogP contribution < -0.4 is 5.32 Å². The molecule has 1 atom stereocenters. The van der Waals surface area contributed by atoms with E-state index in [1.165, 1.54) is 0 Å². The molecule has 2 aromatic heterocycles. The maximum Gasteiger partial charge on any atom is 0.246 e. The van der Waals surface area contributed by atoms with E-state index < -0.39 is 11.6 Å². The molecule has 0 saturated carbocycles. The fourth-order valence-electron chi connectivity index (χ4n) is 2.55. The summed E-state index contributed by atoms with van der Waals surface area (Å²) >= 11 is 1.55. The largest absolute Gasteiger partial charge is 0.342 e. The Morgan fingerprint density at radius 1 is 1.43 bits per heavy atom. The molecule has 0 aliphatic carbocycles. The molecule has 2 amide bonds. The van der Waals surface area contributed by atoms with Gasteiger partial charge in [0.15, 0.2) is 4.96 Å². The molecule has 112 valence electrons. The Kier molecular flexibility index (Phi) is 3.24. The molecule has 6 nitrogen and oxygen atoms in total. The summed E-state index contributed by atoms with van der Waals surface area (Å²) < 4.78 is 1.93. The van der Waals surface area contributed by atoms with Gasteiger partial charge >= 0.3 is 0 Å². The standard InChI is InChI=1S/C14H18N4O2S/c1-4-10-11(19)18(14(2,3)12(20)16-10)8-9-7-17-5-6-21-13(17)15-9/h5-7,10H,4,8H2,1-3H3,(H,16,20). The molecule has 3 heterocycles. The number of amides is 2. The molecule has 1 unspecified atom stereocenters. The number of nitrogens with one attached hydrogen (secondary N) is 1. The van der Waals surface area contributed by atoms with Crippen molar-refractivity contribution in [1.29, 1.82) is 0 Å². The quantitative estimate of drug-likeness (QED) is 0.932. The van der Waals surface area contributed by atoms with E-state index >= 15 is 0 Å². The smallest absolute Gasteiger partial charge is 0.246 e. The SMILES string of the molecule is CCC1NC(=O)C(C)(C)N(Cc2cn3ccsc3n2)C1=O. The molecule has 0 radical (unpaired) electrons. The van der Waals surface area contributed by atoms with Gasteiger partial charge in [0.05, 0.1) is 12.2 Å². The van der Waals surface area contributed by atoms with Gasteiger partial charge in [0.1, 0.15) is 11.6 Å². The topological polar surface area (TPSA) is 66.7 Å². The van der Waals surface area contributed by atoms with Crippen LogP contribution in [0.25, 0.3) is 4.96 Å². The lowest BCUT2D eigenvalue weighted by Crippen LogP contribution is -2.67. The third-order valence-corrected chi connectivity index (χ3v) is 4.74. The Bertz CT molecular complexity index is 674. The summed E-state index contributed by atoms with van der Waals surface area (Å²) in [7, 11) is 0. The zero-order valence-electron chi connectivity index (χ0n) is 12.3. The lowest BCUT2D eigenvalue weighted by molar-refractivity contribution is -0.156. The number of rotatable bonds is 3. The zero-order valence-corrected chi connectivity index (χ0v) is 13.1. The van der Waals surface area contributed by atoms with E-state index in [1.807, 2.05) is 29.1 Å². The molecule has 0 aromatic carbocycles. The van der Waals surface area contributed by atoms with E-state index in [9.17, 15) is 9.59 Å². The molecular weight excluding hydrogens is 288 g/mol. The molecule has 21 heavy (non-hydrogen) atoms. The van der Waals surface area contributed by atoms with E-state index in [2.05, 4.69) is 10.3 Å². The van der Waals surface area contributed by atoms with Gasteiger partial charge in [-0.1, -0.05) is 6.92 Å². The number of carbonyl (C=O) groups excluding carboxylic acids is 2. The second-order valence-corrected chi connectivity index (χ2v) is 6.62. The predicted octanol–water partition coefficient (Wildman–Crippen LogP) is 1.41. The summed E-state index contributed by atoms with van der Waals surface area (Å²) in [6.45, 7) is 5.78. The summed E-state index contributed by atoms with van der Waals surface area (Å²) in [6.07, 6.45) is 4.43. The van der Waals surface area contributed by atoms with Crippen LogP contribution in [0.2, 0.25) is 0 Å². The molecule has 1 N–H and O–H groups in total. The number of fused-ring (bicyclic) bond motifs is 1. The molecule has 1 fully saturated rings. The van der Waals surface area contributed by atoms with E-state index in [0.29, 0.717) is 13.0 Å². The molecule has 1 aliphatic heterocycles. The first-order valence-electron chi connectivity index (χ1n) is 6.97. The van der Waals surface area contributed by atoms with Gasteiger partial charge in [-0.15, -0.1) is 11.3 Å². The minimum atomic E-state index is -0.861. The monoisotopic (exact) mass is 306 g/mol. The van der Waals surface area contributed by atoms with Gasteiger partial charge in [-0.3, -0.25) is 14.0 Å². The zero-order chi connectivity index (χ0) is 15.2. The first-order chi connectivity index (χ1) is 9.93. The third-order valence-electron chi connectivity index (χ3n) is 3.97. The van der Waals surface area contributed by atoms with Crippen LogP contribution in [0.3, 0.4) is 0 Å². The summed E-state index contributed by atoms with van der Waals surface area (Å²) in [5, 5.41) is 4.75. The second-order valence-electron chi connectivity index (χ2n) is 5.74. The van der Waals surface area contributed by atoms with Crippen LogP contribution in [0.1, 0.15) is 32.9 Å². The lowest BCUT2D eigenvalue weighted by atomic mass is 9.94. The van der Waals surface area contributed by atoms with Crippen molar-refractivity contribution < 1.29 is 9.59 Å². The van der Waals surface area contributed by atoms with Gasteiger partial charge in [0.25, 0.3) is 0 Å². The highest BCUT2D eigenvalue weighted by Gasteiger charge is 2.45. The van der Waals surface area contributed by atoms with E-state index in [4.69, 9.17) is 0 Å². The van der Waals surface area contributed by atoms with Crippen LogP contribution in [0.5, 0.6) is 0 Å².